The molecular formula is C24H20Cl2N2O2. The summed E-state index contributed by atoms with van der Waals surface area (Å²) in [6, 6.07) is 21.9. The molecular weight excluding hydrogens is 419 g/mol. The standard InChI is InChI=1S/C24H20Cl2N2O2/c1-16-23(29)28(22-10-6-5-9-19(22)17-7-3-2-4-8-17)14-13-27(16)24(30)20-12-11-18(25)15-21(20)26/h2-12,15-16H,13-14H2,1H3. The lowest BCUT2D eigenvalue weighted by Gasteiger charge is -2.40. The third kappa shape index (κ3) is 3.81. The van der Waals surface area contributed by atoms with Crippen molar-refractivity contribution in [2.24, 2.45) is 0 Å². The van der Waals surface area contributed by atoms with Crippen LogP contribution in [0.15, 0.2) is 72.8 Å². The number of nitrogens with zero attached hydrogens (tertiary/aromatic N) is 2. The quantitative estimate of drug-likeness (QED) is 0.538. The van der Waals surface area contributed by atoms with Crippen molar-refractivity contribution in [3.8, 4) is 11.1 Å². The van der Waals surface area contributed by atoms with Crippen molar-refractivity contribution in [3.05, 3.63) is 88.4 Å². The van der Waals surface area contributed by atoms with Gasteiger partial charge in [0.25, 0.3) is 5.91 Å². The fourth-order valence-electron chi connectivity index (χ4n) is 3.78. The maximum Gasteiger partial charge on any atom is 0.256 e. The number of benzene rings is 3. The van der Waals surface area contributed by atoms with Gasteiger partial charge in [0.15, 0.2) is 0 Å². The molecule has 1 aliphatic rings. The Morgan fingerprint density at radius 1 is 0.933 bits per heavy atom. The second kappa shape index (κ2) is 8.50. The molecule has 1 saturated heterocycles. The molecule has 0 radical (unpaired) electrons. The van der Waals surface area contributed by atoms with Crippen molar-refractivity contribution in [2.45, 2.75) is 13.0 Å². The lowest BCUT2D eigenvalue weighted by atomic mass is 10.0. The zero-order valence-electron chi connectivity index (χ0n) is 16.4. The van der Waals surface area contributed by atoms with Gasteiger partial charge in [-0.05, 0) is 36.8 Å². The number of hydrogen-bond donors (Lipinski definition) is 0. The maximum atomic E-state index is 13.3. The topological polar surface area (TPSA) is 40.6 Å². The third-order valence-electron chi connectivity index (χ3n) is 5.36. The second-order valence-corrected chi connectivity index (χ2v) is 8.02. The summed E-state index contributed by atoms with van der Waals surface area (Å²) in [7, 11) is 0. The van der Waals surface area contributed by atoms with Crippen LogP contribution in [0.5, 0.6) is 0 Å². The Morgan fingerprint density at radius 2 is 1.63 bits per heavy atom. The molecule has 0 aromatic heterocycles. The number of carbonyl (C=O) groups is 2. The van der Waals surface area contributed by atoms with Crippen LogP contribution in [0.25, 0.3) is 11.1 Å². The molecule has 3 aromatic carbocycles. The Balaban J connectivity index is 1.62. The van der Waals surface area contributed by atoms with E-state index in [1.54, 1.807) is 28.9 Å². The van der Waals surface area contributed by atoms with E-state index in [-0.39, 0.29) is 16.8 Å². The zero-order chi connectivity index (χ0) is 21.3. The van der Waals surface area contributed by atoms with Gasteiger partial charge in [-0.25, -0.2) is 0 Å². The van der Waals surface area contributed by atoms with Gasteiger partial charge in [0.2, 0.25) is 5.91 Å². The van der Waals surface area contributed by atoms with E-state index >= 15 is 0 Å². The first-order valence-corrected chi connectivity index (χ1v) is 10.4. The van der Waals surface area contributed by atoms with Crippen molar-refractivity contribution in [1.82, 2.24) is 4.90 Å². The van der Waals surface area contributed by atoms with E-state index in [2.05, 4.69) is 0 Å². The number of amides is 2. The average Bonchev–Trinajstić information content (AvgIpc) is 2.76. The van der Waals surface area contributed by atoms with E-state index in [1.165, 1.54) is 6.07 Å². The number of rotatable bonds is 3. The predicted molar refractivity (Wildman–Crippen MR) is 121 cm³/mol. The van der Waals surface area contributed by atoms with Gasteiger partial charge in [-0.1, -0.05) is 71.7 Å². The van der Waals surface area contributed by atoms with E-state index < -0.39 is 6.04 Å². The molecule has 0 saturated carbocycles. The van der Waals surface area contributed by atoms with E-state index in [0.717, 1.165) is 16.8 Å². The molecule has 1 aliphatic heterocycles. The Hall–Kier alpha value is -2.82. The summed E-state index contributed by atoms with van der Waals surface area (Å²) in [4.78, 5) is 29.7. The van der Waals surface area contributed by atoms with E-state index in [9.17, 15) is 9.59 Å². The van der Waals surface area contributed by atoms with Gasteiger partial charge in [0.1, 0.15) is 6.04 Å². The summed E-state index contributed by atoms with van der Waals surface area (Å²) in [6.07, 6.45) is 0. The highest BCUT2D eigenvalue weighted by Crippen LogP contribution is 2.33. The first-order chi connectivity index (χ1) is 14.5. The van der Waals surface area contributed by atoms with Crippen LogP contribution in [0, 0.1) is 0 Å². The van der Waals surface area contributed by atoms with Crippen LogP contribution in [0.2, 0.25) is 10.0 Å². The molecule has 2 amide bonds. The molecule has 1 atom stereocenters. The van der Waals surface area contributed by atoms with Crippen LogP contribution in [-0.4, -0.2) is 35.8 Å². The zero-order valence-corrected chi connectivity index (χ0v) is 17.9. The van der Waals surface area contributed by atoms with Gasteiger partial charge >= 0.3 is 0 Å². The molecule has 1 unspecified atom stereocenters. The fourth-order valence-corrected chi connectivity index (χ4v) is 4.26. The van der Waals surface area contributed by atoms with Crippen molar-refractivity contribution < 1.29 is 9.59 Å². The van der Waals surface area contributed by atoms with Crippen LogP contribution in [0.3, 0.4) is 0 Å². The highest BCUT2D eigenvalue weighted by atomic mass is 35.5. The van der Waals surface area contributed by atoms with Gasteiger partial charge in [-0.15, -0.1) is 0 Å². The summed E-state index contributed by atoms with van der Waals surface area (Å²) in [6.45, 7) is 2.57. The summed E-state index contributed by atoms with van der Waals surface area (Å²) in [5, 5.41) is 0.743. The van der Waals surface area contributed by atoms with Crippen LogP contribution in [0.4, 0.5) is 5.69 Å². The van der Waals surface area contributed by atoms with Gasteiger partial charge in [-0.3, -0.25) is 9.59 Å². The molecule has 0 spiro atoms. The number of para-hydroxylation sites is 1. The number of anilines is 1. The predicted octanol–water partition coefficient (Wildman–Crippen LogP) is 5.54. The molecule has 6 heteroatoms. The molecule has 0 N–H and O–H groups in total. The lowest BCUT2D eigenvalue weighted by Crippen LogP contribution is -2.57. The molecule has 1 fully saturated rings. The van der Waals surface area contributed by atoms with Crippen LogP contribution in [0.1, 0.15) is 17.3 Å². The number of piperazine rings is 1. The largest absolute Gasteiger partial charge is 0.325 e. The van der Waals surface area contributed by atoms with Crippen molar-refractivity contribution in [1.29, 1.82) is 0 Å². The highest BCUT2D eigenvalue weighted by molar-refractivity contribution is 6.36. The van der Waals surface area contributed by atoms with E-state index in [0.29, 0.717) is 23.7 Å². The Kier molecular flexibility index (Phi) is 5.80. The van der Waals surface area contributed by atoms with Gasteiger partial charge in [0.05, 0.1) is 16.3 Å². The minimum absolute atomic E-state index is 0.122. The lowest BCUT2D eigenvalue weighted by molar-refractivity contribution is -0.124. The number of hydrogen-bond acceptors (Lipinski definition) is 2. The smallest absolute Gasteiger partial charge is 0.256 e. The second-order valence-electron chi connectivity index (χ2n) is 7.17. The van der Waals surface area contributed by atoms with Gasteiger partial charge < -0.3 is 9.80 Å². The summed E-state index contributed by atoms with van der Waals surface area (Å²) in [5.74, 6) is -0.392. The van der Waals surface area contributed by atoms with Crippen LogP contribution >= 0.6 is 23.2 Å². The molecule has 30 heavy (non-hydrogen) atoms. The van der Waals surface area contributed by atoms with Gasteiger partial charge in [0, 0.05) is 23.7 Å². The normalized spacial score (nSPS) is 16.6. The summed E-state index contributed by atoms with van der Waals surface area (Å²) < 4.78 is 0. The number of halogens is 2. The molecule has 152 valence electrons. The molecule has 4 rings (SSSR count). The van der Waals surface area contributed by atoms with Crippen molar-refractivity contribution in [3.63, 3.8) is 0 Å². The first kappa shape index (κ1) is 20.5. The minimum Gasteiger partial charge on any atom is -0.325 e. The first-order valence-electron chi connectivity index (χ1n) is 9.69. The molecule has 1 heterocycles. The average molecular weight is 439 g/mol. The summed E-state index contributed by atoms with van der Waals surface area (Å²) in [5.41, 5.74) is 3.22. The third-order valence-corrected chi connectivity index (χ3v) is 5.91. The Labute approximate surface area is 185 Å². The van der Waals surface area contributed by atoms with Crippen LogP contribution < -0.4 is 4.90 Å². The van der Waals surface area contributed by atoms with Gasteiger partial charge in [-0.2, -0.15) is 0 Å². The molecule has 0 bridgehead atoms. The maximum absolute atomic E-state index is 13.3. The minimum atomic E-state index is -0.609. The highest BCUT2D eigenvalue weighted by Gasteiger charge is 2.36. The Bertz CT molecular complexity index is 1100. The summed E-state index contributed by atoms with van der Waals surface area (Å²) >= 11 is 12.2. The SMILES string of the molecule is CC1C(=O)N(c2ccccc2-c2ccccc2)CCN1C(=O)c1ccc(Cl)cc1Cl. The van der Waals surface area contributed by atoms with Crippen molar-refractivity contribution in [2.75, 3.05) is 18.0 Å². The molecule has 0 aliphatic carbocycles. The van der Waals surface area contributed by atoms with Crippen LogP contribution in [-0.2, 0) is 4.79 Å². The monoisotopic (exact) mass is 438 g/mol. The molecule has 3 aromatic rings. The number of carbonyl (C=O) groups excluding carboxylic acids is 2. The van der Waals surface area contributed by atoms with E-state index in [1.807, 2.05) is 54.6 Å². The van der Waals surface area contributed by atoms with Crippen molar-refractivity contribution >= 4 is 40.7 Å². The fraction of sp³-hybridized carbons (Fsp3) is 0.167. The van der Waals surface area contributed by atoms with E-state index in [4.69, 9.17) is 23.2 Å². The Morgan fingerprint density at radius 3 is 2.37 bits per heavy atom. The molecule has 4 nitrogen and oxygen atoms in total.